The molecule has 1 heterocycles. The Hall–Kier alpha value is -2.63. The molecule has 0 aromatic heterocycles. The fourth-order valence-electron chi connectivity index (χ4n) is 3.27. The van der Waals surface area contributed by atoms with E-state index in [0.29, 0.717) is 18.7 Å². The molecule has 0 saturated carbocycles. The number of fused-ring (bicyclic) bond motifs is 1. The van der Waals surface area contributed by atoms with Gasteiger partial charge in [0, 0.05) is 0 Å². The lowest BCUT2D eigenvalue weighted by atomic mass is 9.73. The van der Waals surface area contributed by atoms with Gasteiger partial charge in [-0.05, 0) is 30.9 Å². The van der Waals surface area contributed by atoms with Gasteiger partial charge in [0.2, 0.25) is 5.91 Å². The third-order valence-electron chi connectivity index (χ3n) is 4.42. The maximum Gasteiger partial charge on any atom is 0.310 e. The molecule has 3 atom stereocenters. The average Bonchev–Trinajstić information content (AvgIpc) is 2.55. The average molecular weight is 314 g/mol. The van der Waals surface area contributed by atoms with E-state index in [-0.39, 0.29) is 23.4 Å². The summed E-state index contributed by atoms with van der Waals surface area (Å²) >= 11 is 0. The van der Waals surface area contributed by atoms with Gasteiger partial charge in [0.05, 0.1) is 29.7 Å². The van der Waals surface area contributed by atoms with Gasteiger partial charge in [-0.25, -0.2) is 0 Å². The van der Waals surface area contributed by atoms with Crippen LogP contribution in [0.25, 0.3) is 0 Å². The monoisotopic (exact) mass is 314 g/mol. The number of hydrogen-bond acceptors (Lipinski definition) is 4. The summed E-state index contributed by atoms with van der Waals surface area (Å²) in [5, 5.41) is 2.73. The minimum atomic E-state index is -0.612. The fourth-order valence-corrected chi connectivity index (χ4v) is 3.27. The highest BCUT2D eigenvalue weighted by atomic mass is 16.5. The normalized spacial score (nSPS) is 26.1. The van der Waals surface area contributed by atoms with Crippen molar-refractivity contribution in [2.45, 2.75) is 12.8 Å². The molecule has 23 heavy (non-hydrogen) atoms. The summed E-state index contributed by atoms with van der Waals surface area (Å²) in [7, 11) is 0. The van der Waals surface area contributed by atoms with Gasteiger partial charge in [0.15, 0.2) is 0 Å². The number of benzene rings is 1. The maximum atomic E-state index is 12.6. The molecule has 0 bridgehead atoms. The van der Waals surface area contributed by atoms with Crippen molar-refractivity contribution in [1.82, 2.24) is 0 Å². The number of ether oxygens (including phenoxy) is 1. The molecule has 6 nitrogen and oxygen atoms in total. The number of nitrogens with one attached hydrogen (secondary N) is 1. The highest BCUT2D eigenvalue weighted by molar-refractivity contribution is 6.04. The zero-order chi connectivity index (χ0) is 16.4. The van der Waals surface area contributed by atoms with E-state index in [1.807, 2.05) is 12.2 Å². The number of carbonyl (C=O) groups excluding carboxylic acids is 3. The lowest BCUT2D eigenvalue weighted by Crippen LogP contribution is -2.43. The minimum absolute atomic E-state index is 0.0344. The first-order valence-electron chi connectivity index (χ1n) is 7.61. The van der Waals surface area contributed by atoms with Gasteiger partial charge in [-0.3, -0.25) is 14.4 Å². The minimum Gasteiger partial charge on any atom is -0.465 e. The number of carbonyl (C=O) groups is 3. The summed E-state index contributed by atoms with van der Waals surface area (Å²) in [4.78, 5) is 36.1. The molecule has 1 aliphatic heterocycles. The number of hydrogen-bond donors (Lipinski definition) is 2. The van der Waals surface area contributed by atoms with Crippen LogP contribution in [-0.2, 0) is 14.3 Å². The maximum absolute atomic E-state index is 12.6. The van der Waals surface area contributed by atoms with E-state index in [1.54, 1.807) is 24.3 Å². The molecule has 1 aromatic rings. The quantitative estimate of drug-likeness (QED) is 0.652. The highest BCUT2D eigenvalue weighted by Gasteiger charge is 2.43. The standard InChI is InChI=1S/C17H18N2O4/c18-15(20)11-5-1-2-7-13(11)19-16(21)12-6-3-4-10-8-9-23-17(22)14(10)12/h1-5,7,10,12,14H,6,8-9H2,(H2,18,20)(H,19,21)/t10-,12-,14+/m1/s1. The molecule has 120 valence electrons. The van der Waals surface area contributed by atoms with Crippen molar-refractivity contribution in [2.24, 2.45) is 23.5 Å². The van der Waals surface area contributed by atoms with Crippen LogP contribution in [0.1, 0.15) is 23.2 Å². The predicted molar refractivity (Wildman–Crippen MR) is 83.4 cm³/mol. The van der Waals surface area contributed by atoms with Crippen LogP contribution in [0.2, 0.25) is 0 Å². The van der Waals surface area contributed by atoms with Crippen LogP contribution in [0.5, 0.6) is 0 Å². The Labute approximate surface area is 133 Å². The third-order valence-corrected chi connectivity index (χ3v) is 4.42. The van der Waals surface area contributed by atoms with Crippen molar-refractivity contribution in [3.63, 3.8) is 0 Å². The Kier molecular flexibility index (Phi) is 4.14. The molecule has 2 amide bonds. The SMILES string of the molecule is NC(=O)c1ccccc1NC(=O)[C@@H]1CC=C[C@@H]2CCOC(=O)[C@@H]21. The third kappa shape index (κ3) is 2.97. The van der Waals surface area contributed by atoms with Gasteiger partial charge in [-0.15, -0.1) is 0 Å². The van der Waals surface area contributed by atoms with Crippen molar-refractivity contribution in [3.8, 4) is 0 Å². The summed E-state index contributed by atoms with van der Waals surface area (Å²) in [5.74, 6) is -2.16. The van der Waals surface area contributed by atoms with Crippen LogP contribution in [-0.4, -0.2) is 24.4 Å². The second-order valence-electron chi connectivity index (χ2n) is 5.82. The summed E-state index contributed by atoms with van der Waals surface area (Å²) in [6.07, 6.45) is 5.13. The lowest BCUT2D eigenvalue weighted by molar-refractivity contribution is -0.160. The summed E-state index contributed by atoms with van der Waals surface area (Å²) in [6, 6.07) is 6.55. The molecule has 1 fully saturated rings. The largest absolute Gasteiger partial charge is 0.465 e. The second kappa shape index (κ2) is 6.24. The summed E-state index contributed by atoms with van der Waals surface area (Å²) < 4.78 is 5.11. The van der Waals surface area contributed by atoms with Crippen molar-refractivity contribution in [2.75, 3.05) is 11.9 Å². The van der Waals surface area contributed by atoms with Gasteiger partial charge in [-0.2, -0.15) is 0 Å². The number of esters is 1. The lowest BCUT2D eigenvalue weighted by Gasteiger charge is -2.35. The first kappa shape index (κ1) is 15.3. The van der Waals surface area contributed by atoms with Crippen molar-refractivity contribution in [3.05, 3.63) is 42.0 Å². The molecule has 1 aromatic carbocycles. The zero-order valence-corrected chi connectivity index (χ0v) is 12.5. The number of amides is 2. The fraction of sp³-hybridized carbons (Fsp3) is 0.353. The Morgan fingerprint density at radius 2 is 2.04 bits per heavy atom. The van der Waals surface area contributed by atoms with Crippen LogP contribution in [0.4, 0.5) is 5.69 Å². The number of allylic oxidation sites excluding steroid dienone is 2. The predicted octanol–water partition coefficient (Wildman–Crippen LogP) is 1.48. The molecule has 1 saturated heterocycles. The van der Waals surface area contributed by atoms with E-state index >= 15 is 0 Å². The van der Waals surface area contributed by atoms with Crippen LogP contribution in [0.15, 0.2) is 36.4 Å². The number of anilines is 1. The zero-order valence-electron chi connectivity index (χ0n) is 12.5. The summed E-state index contributed by atoms with van der Waals surface area (Å²) in [6.45, 7) is 0.392. The number of nitrogens with two attached hydrogens (primary N) is 1. The van der Waals surface area contributed by atoms with Gasteiger partial charge in [-0.1, -0.05) is 24.3 Å². The van der Waals surface area contributed by atoms with E-state index in [4.69, 9.17) is 10.5 Å². The van der Waals surface area contributed by atoms with Crippen molar-refractivity contribution < 1.29 is 19.1 Å². The second-order valence-corrected chi connectivity index (χ2v) is 5.82. The van der Waals surface area contributed by atoms with Crippen LogP contribution >= 0.6 is 0 Å². The Morgan fingerprint density at radius 3 is 2.83 bits per heavy atom. The van der Waals surface area contributed by atoms with Crippen LogP contribution in [0.3, 0.4) is 0 Å². The molecule has 3 N–H and O–H groups in total. The highest BCUT2D eigenvalue weighted by Crippen LogP contribution is 2.37. The molecule has 0 radical (unpaired) electrons. The number of para-hydroxylation sites is 1. The molecule has 0 spiro atoms. The molecule has 0 unspecified atom stereocenters. The first-order valence-corrected chi connectivity index (χ1v) is 7.61. The first-order chi connectivity index (χ1) is 11.1. The smallest absolute Gasteiger partial charge is 0.310 e. The van der Waals surface area contributed by atoms with E-state index < -0.39 is 17.7 Å². The van der Waals surface area contributed by atoms with Gasteiger partial charge in [0.25, 0.3) is 5.91 Å². The molecule has 6 heteroatoms. The van der Waals surface area contributed by atoms with Crippen LogP contribution in [0, 0.1) is 17.8 Å². The van der Waals surface area contributed by atoms with E-state index in [2.05, 4.69) is 5.32 Å². The summed E-state index contributed by atoms with van der Waals surface area (Å²) in [5.41, 5.74) is 5.93. The molecule has 1 aliphatic carbocycles. The molecule has 3 rings (SSSR count). The molecular weight excluding hydrogens is 296 g/mol. The van der Waals surface area contributed by atoms with E-state index in [1.165, 1.54) is 0 Å². The number of cyclic esters (lactones) is 1. The van der Waals surface area contributed by atoms with Gasteiger partial charge in [0.1, 0.15) is 0 Å². The Bertz CT molecular complexity index is 683. The van der Waals surface area contributed by atoms with Crippen LogP contribution < -0.4 is 11.1 Å². The van der Waals surface area contributed by atoms with E-state index in [9.17, 15) is 14.4 Å². The topological polar surface area (TPSA) is 98.5 Å². The Balaban J connectivity index is 1.82. The van der Waals surface area contributed by atoms with Gasteiger partial charge < -0.3 is 15.8 Å². The Morgan fingerprint density at radius 1 is 1.26 bits per heavy atom. The van der Waals surface area contributed by atoms with Gasteiger partial charge >= 0.3 is 5.97 Å². The van der Waals surface area contributed by atoms with Crippen molar-refractivity contribution in [1.29, 1.82) is 0 Å². The number of primary amides is 1. The number of rotatable bonds is 3. The van der Waals surface area contributed by atoms with E-state index in [0.717, 1.165) is 6.42 Å². The van der Waals surface area contributed by atoms with Crippen molar-refractivity contribution >= 4 is 23.5 Å². The molecular formula is C17H18N2O4. The molecule has 2 aliphatic rings.